The molecule has 1 saturated heterocycles. The average molecular weight is 408 g/mol. The number of benzene rings is 2. The van der Waals surface area contributed by atoms with Gasteiger partial charge in [-0.15, -0.1) is 0 Å². The minimum atomic E-state index is -1.51. The summed E-state index contributed by atoms with van der Waals surface area (Å²) < 4.78 is 68.0. The van der Waals surface area contributed by atoms with Crippen molar-refractivity contribution >= 4 is 6.08 Å². The Morgan fingerprint density at radius 2 is 1.76 bits per heavy atom. The molecule has 0 amide bonds. The molecule has 1 aliphatic heterocycles. The van der Waals surface area contributed by atoms with Crippen LogP contribution in [-0.4, -0.2) is 25.2 Å². The van der Waals surface area contributed by atoms with Gasteiger partial charge in [-0.3, -0.25) is 0 Å². The topological polar surface area (TPSA) is 18.5 Å². The fourth-order valence-corrected chi connectivity index (χ4v) is 3.36. The summed E-state index contributed by atoms with van der Waals surface area (Å²) in [5.41, 5.74) is -0.762. The van der Waals surface area contributed by atoms with Gasteiger partial charge in [-0.05, 0) is 36.1 Å². The maximum atomic E-state index is 14.6. The Morgan fingerprint density at radius 1 is 1.03 bits per heavy atom. The molecule has 1 fully saturated rings. The summed E-state index contributed by atoms with van der Waals surface area (Å²) in [5.74, 6) is -2.57. The van der Waals surface area contributed by atoms with Gasteiger partial charge in [-0.2, -0.15) is 0 Å². The van der Waals surface area contributed by atoms with Crippen LogP contribution in [0.1, 0.15) is 37.8 Å². The molecule has 2 nitrogen and oxygen atoms in total. The van der Waals surface area contributed by atoms with Gasteiger partial charge < -0.3 is 9.47 Å². The molecule has 156 valence electrons. The predicted octanol–water partition coefficient (Wildman–Crippen LogP) is 6.23. The lowest BCUT2D eigenvalue weighted by Crippen LogP contribution is -2.43. The first-order chi connectivity index (χ1) is 13.9. The van der Waals surface area contributed by atoms with Crippen LogP contribution in [0.3, 0.4) is 0 Å². The zero-order chi connectivity index (χ0) is 21.0. The smallest absolute Gasteiger partial charge is 0.177 e. The molecule has 29 heavy (non-hydrogen) atoms. The number of hydrogen-bond donors (Lipinski definition) is 0. The second-order valence-electron chi connectivity index (χ2n) is 7.24. The van der Waals surface area contributed by atoms with Gasteiger partial charge in [0.1, 0.15) is 5.82 Å². The summed E-state index contributed by atoms with van der Waals surface area (Å²) in [6, 6.07) is 7.13. The van der Waals surface area contributed by atoms with Crippen molar-refractivity contribution in [1.29, 1.82) is 0 Å². The molecule has 0 N–H and O–H groups in total. The van der Waals surface area contributed by atoms with Crippen molar-refractivity contribution in [1.82, 2.24) is 0 Å². The minimum absolute atomic E-state index is 0.00487. The van der Waals surface area contributed by atoms with Crippen LogP contribution in [0.5, 0.6) is 0 Å². The highest BCUT2D eigenvalue weighted by atomic mass is 19.2. The largest absolute Gasteiger partial charge is 0.346 e. The lowest BCUT2D eigenvalue weighted by atomic mass is 10.00. The number of alkyl halides is 1. The van der Waals surface area contributed by atoms with Crippen LogP contribution < -0.4 is 0 Å². The fourth-order valence-electron chi connectivity index (χ4n) is 3.36. The summed E-state index contributed by atoms with van der Waals surface area (Å²) in [4.78, 5) is 0. The van der Waals surface area contributed by atoms with E-state index >= 15 is 0 Å². The van der Waals surface area contributed by atoms with Gasteiger partial charge in [0, 0.05) is 11.1 Å². The SMILES string of the molecule is CCCC1(F)COC(C=Cc2ccc(-c3ccc(CC)c(F)c3)c(F)c2F)OC1. The van der Waals surface area contributed by atoms with Gasteiger partial charge in [0.2, 0.25) is 0 Å². The zero-order valence-corrected chi connectivity index (χ0v) is 16.5. The van der Waals surface area contributed by atoms with Crippen LogP contribution in [0.15, 0.2) is 36.4 Å². The highest BCUT2D eigenvalue weighted by Crippen LogP contribution is 2.29. The molecule has 0 spiro atoms. The summed E-state index contributed by atoms with van der Waals surface area (Å²) in [5, 5.41) is 0. The van der Waals surface area contributed by atoms with E-state index in [0.717, 1.165) is 0 Å². The van der Waals surface area contributed by atoms with Crippen molar-refractivity contribution in [2.45, 2.75) is 45.1 Å². The van der Waals surface area contributed by atoms with Crippen molar-refractivity contribution in [3.8, 4) is 11.1 Å². The zero-order valence-electron chi connectivity index (χ0n) is 16.5. The second kappa shape index (κ2) is 9.09. The number of aryl methyl sites for hydroxylation is 1. The first-order valence-corrected chi connectivity index (χ1v) is 9.74. The van der Waals surface area contributed by atoms with E-state index in [9.17, 15) is 17.6 Å². The third-order valence-electron chi connectivity index (χ3n) is 5.00. The van der Waals surface area contributed by atoms with Crippen molar-refractivity contribution in [2.75, 3.05) is 13.2 Å². The number of halogens is 4. The van der Waals surface area contributed by atoms with Crippen LogP contribution in [0, 0.1) is 17.5 Å². The lowest BCUT2D eigenvalue weighted by molar-refractivity contribution is -0.212. The number of hydrogen-bond acceptors (Lipinski definition) is 2. The Bertz CT molecular complexity index is 887. The van der Waals surface area contributed by atoms with Gasteiger partial charge in [0.25, 0.3) is 0 Å². The minimum Gasteiger partial charge on any atom is -0.346 e. The molecule has 3 rings (SSSR count). The summed E-state index contributed by atoms with van der Waals surface area (Å²) in [6.45, 7) is 3.48. The van der Waals surface area contributed by atoms with Crippen LogP contribution in [-0.2, 0) is 15.9 Å². The van der Waals surface area contributed by atoms with Crippen molar-refractivity contribution in [2.24, 2.45) is 0 Å². The molecular formula is C23H24F4O2. The first kappa shape index (κ1) is 21.5. The van der Waals surface area contributed by atoms with Crippen LogP contribution in [0.25, 0.3) is 17.2 Å². The summed E-state index contributed by atoms with van der Waals surface area (Å²) in [7, 11) is 0. The van der Waals surface area contributed by atoms with Gasteiger partial charge in [0.05, 0.1) is 13.2 Å². The van der Waals surface area contributed by atoms with Gasteiger partial charge >= 0.3 is 0 Å². The molecule has 0 bridgehead atoms. The Morgan fingerprint density at radius 3 is 2.38 bits per heavy atom. The predicted molar refractivity (Wildman–Crippen MR) is 105 cm³/mol. The third-order valence-corrected chi connectivity index (χ3v) is 5.00. The van der Waals surface area contributed by atoms with Gasteiger partial charge in [-0.1, -0.05) is 50.6 Å². The molecule has 0 aliphatic carbocycles. The highest BCUT2D eigenvalue weighted by molar-refractivity contribution is 5.67. The highest BCUT2D eigenvalue weighted by Gasteiger charge is 2.35. The van der Waals surface area contributed by atoms with E-state index in [1.54, 1.807) is 12.1 Å². The molecule has 1 heterocycles. The summed E-state index contributed by atoms with van der Waals surface area (Å²) >= 11 is 0. The van der Waals surface area contributed by atoms with E-state index in [2.05, 4.69) is 0 Å². The Balaban J connectivity index is 1.75. The van der Waals surface area contributed by atoms with Crippen molar-refractivity contribution in [3.05, 3.63) is 65.0 Å². The van der Waals surface area contributed by atoms with Crippen molar-refractivity contribution < 1.29 is 27.0 Å². The molecule has 0 radical (unpaired) electrons. The molecular weight excluding hydrogens is 384 g/mol. The average Bonchev–Trinajstić information content (AvgIpc) is 2.70. The van der Waals surface area contributed by atoms with Crippen molar-refractivity contribution in [3.63, 3.8) is 0 Å². The number of ether oxygens (including phenoxy) is 2. The fraction of sp³-hybridized carbons (Fsp3) is 0.391. The van der Waals surface area contributed by atoms with E-state index in [-0.39, 0.29) is 29.9 Å². The molecule has 0 saturated carbocycles. The van der Waals surface area contributed by atoms with E-state index < -0.39 is 29.4 Å². The maximum Gasteiger partial charge on any atom is 0.177 e. The third kappa shape index (κ3) is 4.87. The first-order valence-electron chi connectivity index (χ1n) is 9.74. The quantitative estimate of drug-likeness (QED) is 0.528. The van der Waals surface area contributed by atoms with Crippen LogP contribution in [0.2, 0.25) is 0 Å². The van der Waals surface area contributed by atoms with E-state index in [4.69, 9.17) is 9.47 Å². The Labute approximate surface area is 168 Å². The lowest BCUT2D eigenvalue weighted by Gasteiger charge is -2.32. The number of rotatable bonds is 6. The van der Waals surface area contributed by atoms with E-state index in [0.29, 0.717) is 24.8 Å². The monoisotopic (exact) mass is 408 g/mol. The van der Waals surface area contributed by atoms with Gasteiger partial charge in [0.15, 0.2) is 23.6 Å². The molecule has 2 aromatic carbocycles. The molecule has 0 atom stereocenters. The molecule has 0 unspecified atom stereocenters. The molecule has 6 heteroatoms. The van der Waals surface area contributed by atoms with E-state index in [1.807, 2.05) is 13.8 Å². The molecule has 0 aromatic heterocycles. The molecule has 1 aliphatic rings. The standard InChI is InChI=1S/C23H24F4O2/c1-3-11-23(27)13-28-20(29-14-23)10-8-16-7-9-18(22(26)21(16)25)17-6-5-15(4-2)19(24)12-17/h5-10,12,20H,3-4,11,13-14H2,1-2H3. The Kier molecular flexibility index (Phi) is 6.75. The van der Waals surface area contributed by atoms with E-state index in [1.165, 1.54) is 30.4 Å². The van der Waals surface area contributed by atoms with Gasteiger partial charge in [-0.25, -0.2) is 17.6 Å². The normalized spacial score (nSPS) is 22.3. The molecule has 2 aromatic rings. The summed E-state index contributed by atoms with van der Waals surface area (Å²) in [6.07, 6.45) is 3.45. The van der Waals surface area contributed by atoms with Crippen LogP contribution in [0.4, 0.5) is 17.6 Å². The van der Waals surface area contributed by atoms with Crippen LogP contribution >= 0.6 is 0 Å². The second-order valence-corrected chi connectivity index (χ2v) is 7.24. The maximum absolute atomic E-state index is 14.6. The Hall–Kier alpha value is -2.18.